The summed E-state index contributed by atoms with van der Waals surface area (Å²) < 4.78 is 30.5. The van der Waals surface area contributed by atoms with Crippen molar-refractivity contribution in [2.24, 2.45) is 0 Å². The molecule has 182 valence electrons. The molecule has 0 radical (unpaired) electrons. The summed E-state index contributed by atoms with van der Waals surface area (Å²) in [6.07, 6.45) is -1.76. The summed E-state index contributed by atoms with van der Waals surface area (Å²) in [5.41, 5.74) is 0. The van der Waals surface area contributed by atoms with E-state index in [0.29, 0.717) is 12.8 Å². The fourth-order valence-electron chi connectivity index (χ4n) is 2.59. The van der Waals surface area contributed by atoms with Crippen LogP contribution in [0.5, 0.6) is 0 Å². The second-order valence-electron chi connectivity index (χ2n) is 7.36. The number of carboxylic acid groups (broad SMARTS) is 2. The first-order valence-corrected chi connectivity index (χ1v) is 9.95. The minimum Gasteiger partial charge on any atom is -0.477 e. The molecule has 0 aromatic heterocycles. The monoisotopic (exact) mass is 464 g/mol. The smallest absolute Gasteiger partial charge is 0.407 e. The molecule has 0 unspecified atom stereocenters. The average Bonchev–Trinajstić information content (AvgIpc) is 2.74. The molecular formula is C18H28N2O12. The van der Waals surface area contributed by atoms with Crippen LogP contribution < -0.4 is 10.6 Å². The summed E-state index contributed by atoms with van der Waals surface area (Å²) in [4.78, 5) is 45.5. The lowest BCUT2D eigenvalue weighted by Crippen LogP contribution is -2.51. The summed E-state index contributed by atoms with van der Waals surface area (Å²) >= 11 is 0. The van der Waals surface area contributed by atoms with Gasteiger partial charge in [0.25, 0.3) is 11.6 Å². The molecule has 4 N–H and O–H groups in total. The number of amides is 2. The van der Waals surface area contributed by atoms with Crippen LogP contribution in [0.15, 0.2) is 0 Å². The zero-order valence-electron chi connectivity index (χ0n) is 17.8. The highest BCUT2D eigenvalue weighted by molar-refractivity contribution is 5.75. The van der Waals surface area contributed by atoms with Crippen molar-refractivity contribution in [2.75, 3.05) is 39.5 Å². The van der Waals surface area contributed by atoms with Crippen LogP contribution in [-0.2, 0) is 38.0 Å². The molecule has 0 spiro atoms. The number of rotatable bonds is 9. The molecule has 2 rings (SSSR count). The minimum atomic E-state index is -1.75. The van der Waals surface area contributed by atoms with Crippen molar-refractivity contribution in [2.45, 2.75) is 50.5 Å². The number of hydrogen-bond donors (Lipinski definition) is 4. The zero-order valence-corrected chi connectivity index (χ0v) is 17.8. The molecule has 14 heteroatoms. The second-order valence-corrected chi connectivity index (χ2v) is 7.36. The predicted octanol–water partition coefficient (Wildman–Crippen LogP) is -0.349. The number of hydrogen-bond acceptors (Lipinski definition) is 10. The molecule has 0 aliphatic carbocycles. The Morgan fingerprint density at radius 2 is 1.06 bits per heavy atom. The molecule has 0 aromatic carbocycles. The zero-order chi connectivity index (χ0) is 23.8. The van der Waals surface area contributed by atoms with Crippen LogP contribution in [0.3, 0.4) is 0 Å². The normalized spacial score (nSPS) is 30.1. The number of unbranched alkanes of at least 4 members (excludes halogenated alkanes) is 1. The van der Waals surface area contributed by atoms with Gasteiger partial charge >= 0.3 is 24.1 Å². The average molecular weight is 464 g/mol. The van der Waals surface area contributed by atoms with Crippen LogP contribution in [0.25, 0.3) is 0 Å². The highest BCUT2D eigenvalue weighted by atomic mass is 16.7. The van der Waals surface area contributed by atoms with Gasteiger partial charge in [0, 0.05) is 26.9 Å². The van der Waals surface area contributed by atoms with Gasteiger partial charge in [-0.3, -0.25) is 0 Å². The van der Waals surface area contributed by atoms with Crippen LogP contribution in [-0.4, -0.2) is 97.6 Å². The van der Waals surface area contributed by atoms with Gasteiger partial charge in [-0.15, -0.1) is 0 Å². The van der Waals surface area contributed by atoms with Crippen molar-refractivity contribution >= 4 is 24.1 Å². The van der Waals surface area contributed by atoms with E-state index in [1.807, 2.05) is 0 Å². The van der Waals surface area contributed by atoms with Crippen LogP contribution in [0.1, 0.15) is 26.7 Å². The highest BCUT2D eigenvalue weighted by Crippen LogP contribution is 2.21. The van der Waals surface area contributed by atoms with E-state index < -0.39 is 47.9 Å². The summed E-state index contributed by atoms with van der Waals surface area (Å²) in [6.45, 7) is 2.69. The predicted molar refractivity (Wildman–Crippen MR) is 102 cm³/mol. The van der Waals surface area contributed by atoms with Crippen molar-refractivity contribution in [3.63, 3.8) is 0 Å². The van der Waals surface area contributed by atoms with Crippen molar-refractivity contribution in [3.8, 4) is 0 Å². The minimum absolute atomic E-state index is 0.102. The van der Waals surface area contributed by atoms with E-state index in [4.69, 9.17) is 38.6 Å². The van der Waals surface area contributed by atoms with Crippen molar-refractivity contribution < 1.29 is 57.8 Å². The Bertz CT molecular complexity index is 625. The number of aliphatic carboxylic acids is 2. The first kappa shape index (κ1) is 25.6. The Hall–Kier alpha value is -2.68. The number of alkyl carbamates (subject to hydrolysis) is 2. The molecule has 32 heavy (non-hydrogen) atoms. The van der Waals surface area contributed by atoms with Gasteiger partial charge in [-0.25, -0.2) is 19.2 Å². The van der Waals surface area contributed by atoms with Crippen LogP contribution in [0, 0.1) is 0 Å². The second kappa shape index (κ2) is 11.3. The van der Waals surface area contributed by atoms with Crippen LogP contribution in [0.4, 0.5) is 9.59 Å². The largest absolute Gasteiger partial charge is 0.477 e. The first-order valence-electron chi connectivity index (χ1n) is 9.95. The highest BCUT2D eigenvalue weighted by Gasteiger charge is 2.42. The SMILES string of the molecule is CC1(C(=O)O)OCC(OC(=O)NCCCCNC(=O)OC2COC(C)(C(=O)O)OC2)CO1. The molecule has 2 aliphatic heterocycles. The summed E-state index contributed by atoms with van der Waals surface area (Å²) in [6, 6.07) is 0. The van der Waals surface area contributed by atoms with Gasteiger partial charge in [-0.05, 0) is 12.8 Å². The third-order valence-electron chi connectivity index (χ3n) is 4.65. The Kier molecular flexibility index (Phi) is 9.00. The Morgan fingerprint density at radius 1 is 0.750 bits per heavy atom. The lowest BCUT2D eigenvalue weighted by molar-refractivity contribution is -0.278. The number of carboxylic acids is 2. The Labute approximate surface area is 183 Å². The third kappa shape index (κ3) is 7.47. The van der Waals surface area contributed by atoms with Crippen LogP contribution >= 0.6 is 0 Å². The van der Waals surface area contributed by atoms with Gasteiger partial charge in [-0.2, -0.15) is 0 Å². The van der Waals surface area contributed by atoms with E-state index in [9.17, 15) is 19.2 Å². The molecule has 2 amide bonds. The maximum atomic E-state index is 11.7. The van der Waals surface area contributed by atoms with Crippen molar-refractivity contribution in [3.05, 3.63) is 0 Å². The van der Waals surface area contributed by atoms with Gasteiger partial charge in [0.05, 0.1) is 26.4 Å². The summed E-state index contributed by atoms with van der Waals surface area (Å²) in [7, 11) is 0. The third-order valence-corrected chi connectivity index (χ3v) is 4.65. The van der Waals surface area contributed by atoms with Gasteiger partial charge in [0.2, 0.25) is 0 Å². The Morgan fingerprint density at radius 3 is 1.34 bits per heavy atom. The fraction of sp³-hybridized carbons (Fsp3) is 0.778. The Balaban J connectivity index is 1.49. The van der Waals surface area contributed by atoms with E-state index in [-0.39, 0.29) is 39.5 Å². The molecule has 0 atom stereocenters. The lowest BCUT2D eigenvalue weighted by atomic mass is 10.2. The van der Waals surface area contributed by atoms with Crippen molar-refractivity contribution in [1.82, 2.24) is 10.6 Å². The number of ether oxygens (including phenoxy) is 6. The van der Waals surface area contributed by atoms with E-state index >= 15 is 0 Å². The van der Waals surface area contributed by atoms with Gasteiger partial charge in [-0.1, -0.05) is 0 Å². The standard InChI is InChI=1S/C18H28N2O12/c1-17(13(21)22)27-7-11(8-28-17)31-15(25)19-5-3-4-6-20-16(26)32-12-9-29-18(2,14(23)24)30-10-12/h11-12H,3-10H2,1-2H3,(H,19,25)(H,20,26)(H,21,22)(H,23,24). The van der Waals surface area contributed by atoms with Crippen LogP contribution in [0.2, 0.25) is 0 Å². The van der Waals surface area contributed by atoms with Crippen molar-refractivity contribution in [1.29, 1.82) is 0 Å². The van der Waals surface area contributed by atoms with E-state index in [1.165, 1.54) is 13.8 Å². The molecule has 2 aliphatic rings. The van der Waals surface area contributed by atoms with Gasteiger partial charge in [0.1, 0.15) is 0 Å². The molecule has 0 saturated carbocycles. The summed E-state index contributed by atoms with van der Waals surface area (Å²) in [5, 5.41) is 23.0. The molecule has 2 heterocycles. The molecule has 0 aromatic rings. The fourth-order valence-corrected chi connectivity index (χ4v) is 2.59. The molecular weight excluding hydrogens is 436 g/mol. The van der Waals surface area contributed by atoms with E-state index in [1.54, 1.807) is 0 Å². The first-order chi connectivity index (χ1) is 15.0. The number of carbonyl (C=O) groups is 4. The molecule has 2 saturated heterocycles. The van der Waals surface area contributed by atoms with Gasteiger partial charge in [0.15, 0.2) is 12.2 Å². The number of nitrogens with one attached hydrogen (secondary N) is 2. The molecule has 0 bridgehead atoms. The lowest BCUT2D eigenvalue weighted by Gasteiger charge is -2.33. The number of carbonyl (C=O) groups excluding carboxylic acids is 2. The summed E-state index contributed by atoms with van der Waals surface area (Å²) in [5.74, 6) is -6.03. The van der Waals surface area contributed by atoms with Gasteiger partial charge < -0.3 is 49.3 Å². The molecule has 14 nitrogen and oxygen atoms in total. The van der Waals surface area contributed by atoms with E-state index in [2.05, 4.69) is 10.6 Å². The topological polar surface area (TPSA) is 188 Å². The van der Waals surface area contributed by atoms with E-state index in [0.717, 1.165) is 0 Å². The quantitative estimate of drug-likeness (QED) is 0.325. The maximum absolute atomic E-state index is 11.7. The maximum Gasteiger partial charge on any atom is 0.407 e. The molecule has 2 fully saturated rings.